The van der Waals surface area contributed by atoms with Gasteiger partial charge >= 0.3 is 0 Å². The van der Waals surface area contributed by atoms with E-state index in [1.165, 1.54) is 18.4 Å². The summed E-state index contributed by atoms with van der Waals surface area (Å²) in [7, 11) is 1.34. The van der Waals surface area contributed by atoms with Crippen LogP contribution in [-0.2, 0) is 4.74 Å². The number of halogens is 2. The van der Waals surface area contributed by atoms with Gasteiger partial charge in [0.1, 0.15) is 5.83 Å². The molecule has 0 N–H and O–H groups in total. The van der Waals surface area contributed by atoms with E-state index in [1.54, 1.807) is 18.4 Å². The predicted octanol–water partition coefficient (Wildman–Crippen LogP) is 4.27. The summed E-state index contributed by atoms with van der Waals surface area (Å²) in [6, 6.07) is 1.56. The Balaban J connectivity index is 2.17. The maximum atomic E-state index is 14.2. The van der Waals surface area contributed by atoms with Crippen LogP contribution in [0.15, 0.2) is 44.9 Å². The lowest BCUT2D eigenvalue weighted by atomic mass is 9.89. The van der Waals surface area contributed by atoms with Crippen LogP contribution in [0.5, 0.6) is 0 Å². The maximum Gasteiger partial charge on any atom is 0.198 e. The van der Waals surface area contributed by atoms with Crippen LogP contribution in [0.3, 0.4) is 0 Å². The van der Waals surface area contributed by atoms with E-state index in [2.05, 4.69) is 11.1 Å². The Hall–Kier alpha value is -1.72. The van der Waals surface area contributed by atoms with Crippen molar-refractivity contribution < 1.29 is 13.9 Å². The zero-order chi connectivity index (χ0) is 15.1. The molecule has 2 aliphatic rings. The van der Waals surface area contributed by atoms with E-state index < -0.39 is 5.83 Å². The molecule has 1 aromatic heterocycles. The van der Waals surface area contributed by atoms with Crippen LogP contribution in [0.1, 0.15) is 23.7 Å². The highest BCUT2D eigenvalue weighted by molar-refractivity contribution is 7.14. The number of allylic oxidation sites excluding steroid dienone is 5. The fraction of sp³-hybridized carbons (Fsp3) is 0.200. The van der Waals surface area contributed by atoms with Crippen molar-refractivity contribution in [2.75, 3.05) is 7.11 Å². The van der Waals surface area contributed by atoms with Crippen LogP contribution in [0.25, 0.3) is 0 Å². The Morgan fingerprint density at radius 2 is 2.33 bits per heavy atom. The number of methoxy groups -OCH3 is 1. The molecule has 3 nitrogen and oxygen atoms in total. The lowest BCUT2D eigenvalue weighted by Crippen LogP contribution is -2.18. The number of Topliss-reactive ketones (excluding diaryl/α,β-unsaturated/α-hetero) is 1. The minimum Gasteiger partial charge on any atom is -0.493 e. The van der Waals surface area contributed by atoms with Gasteiger partial charge in [-0.3, -0.25) is 9.79 Å². The first-order valence-corrected chi connectivity index (χ1v) is 7.41. The van der Waals surface area contributed by atoms with Gasteiger partial charge in [-0.1, -0.05) is 11.6 Å². The van der Waals surface area contributed by atoms with Crippen molar-refractivity contribution in [2.24, 2.45) is 4.99 Å². The summed E-state index contributed by atoms with van der Waals surface area (Å²) in [5.74, 6) is -0.880. The molecule has 0 spiro atoms. The molecule has 0 unspecified atom stereocenters. The minimum atomic E-state index is -0.499. The number of aliphatic imine (C=N–C) groups is 1. The quantitative estimate of drug-likeness (QED) is 0.779. The smallest absolute Gasteiger partial charge is 0.198 e. The number of hydrogen-bond acceptors (Lipinski definition) is 4. The minimum absolute atomic E-state index is 0.0179. The van der Waals surface area contributed by atoms with Gasteiger partial charge in [0.05, 0.1) is 22.7 Å². The number of thiophene rings is 1. The van der Waals surface area contributed by atoms with Gasteiger partial charge in [0, 0.05) is 34.7 Å². The summed E-state index contributed by atoms with van der Waals surface area (Å²) in [6.45, 7) is 1.76. The van der Waals surface area contributed by atoms with E-state index in [0.29, 0.717) is 26.9 Å². The molecule has 0 amide bonds. The number of hydrogen-bond donors (Lipinski definition) is 0. The lowest BCUT2D eigenvalue weighted by molar-refractivity contribution is 0.102. The zero-order valence-corrected chi connectivity index (χ0v) is 12.9. The summed E-state index contributed by atoms with van der Waals surface area (Å²) < 4.78 is 19.8. The van der Waals surface area contributed by atoms with Gasteiger partial charge in [0.15, 0.2) is 11.5 Å². The molecule has 1 radical (unpaired) electrons. The number of ether oxygens (including phenoxy) is 1. The van der Waals surface area contributed by atoms with E-state index in [0.717, 1.165) is 0 Å². The highest BCUT2D eigenvalue weighted by Crippen LogP contribution is 2.36. The average molecular weight is 323 g/mol. The second-order valence-electron chi connectivity index (χ2n) is 4.60. The summed E-state index contributed by atoms with van der Waals surface area (Å²) >= 11 is 7.11. The van der Waals surface area contributed by atoms with Crippen LogP contribution in [0.4, 0.5) is 4.39 Å². The van der Waals surface area contributed by atoms with Crippen LogP contribution in [0.2, 0.25) is 4.34 Å². The summed E-state index contributed by atoms with van der Waals surface area (Å²) in [4.78, 5) is 16.9. The average Bonchev–Trinajstić information content (AvgIpc) is 3.01. The number of nitrogens with zero attached hydrogens (tertiary/aromatic N) is 1. The van der Waals surface area contributed by atoms with E-state index >= 15 is 0 Å². The molecule has 2 heterocycles. The largest absolute Gasteiger partial charge is 0.493 e. The van der Waals surface area contributed by atoms with Crippen molar-refractivity contribution >= 4 is 34.4 Å². The highest BCUT2D eigenvalue weighted by atomic mass is 35.5. The highest BCUT2D eigenvalue weighted by Gasteiger charge is 2.34. The monoisotopic (exact) mass is 322 g/mol. The number of ketones is 1. The van der Waals surface area contributed by atoms with E-state index in [9.17, 15) is 9.18 Å². The second-order valence-corrected chi connectivity index (χ2v) is 6.14. The van der Waals surface area contributed by atoms with Gasteiger partial charge in [-0.15, -0.1) is 11.3 Å². The Bertz CT molecular complexity index is 770. The van der Waals surface area contributed by atoms with Gasteiger partial charge in [-0.25, -0.2) is 4.39 Å². The Morgan fingerprint density at radius 1 is 1.57 bits per heavy atom. The molecule has 1 aliphatic carbocycles. The third-order valence-electron chi connectivity index (χ3n) is 3.20. The fourth-order valence-corrected chi connectivity index (χ4v) is 3.21. The van der Waals surface area contributed by atoms with Crippen LogP contribution in [-0.4, -0.2) is 18.6 Å². The summed E-state index contributed by atoms with van der Waals surface area (Å²) in [6.07, 6.45) is 3.03. The van der Waals surface area contributed by atoms with Crippen molar-refractivity contribution in [2.45, 2.75) is 13.3 Å². The van der Waals surface area contributed by atoms with Gasteiger partial charge in [0.2, 0.25) is 0 Å². The Morgan fingerprint density at radius 3 is 2.95 bits per heavy atom. The first-order chi connectivity index (χ1) is 10.0. The zero-order valence-electron chi connectivity index (χ0n) is 11.3. The molecule has 1 aromatic rings. The van der Waals surface area contributed by atoms with E-state index in [1.807, 2.05) is 0 Å². The van der Waals surface area contributed by atoms with Crippen molar-refractivity contribution in [3.05, 3.63) is 55.9 Å². The van der Waals surface area contributed by atoms with Crippen molar-refractivity contribution in [1.82, 2.24) is 0 Å². The first kappa shape index (κ1) is 14.2. The molecule has 0 saturated heterocycles. The molecule has 0 fully saturated rings. The van der Waals surface area contributed by atoms with Crippen molar-refractivity contribution in [1.29, 1.82) is 0 Å². The number of rotatable bonds is 3. The van der Waals surface area contributed by atoms with Crippen LogP contribution in [0, 0.1) is 6.08 Å². The van der Waals surface area contributed by atoms with Gasteiger partial charge in [-0.05, 0) is 13.0 Å². The van der Waals surface area contributed by atoms with Gasteiger partial charge in [-0.2, -0.15) is 0 Å². The standard InChI is InChI=1S/C15H10ClFNO2S/c1-7-3-9-11(18-7)5-10(17)15(20-2)13(9)14(19)8-4-12(16)21-6-8/h4,6H,5H2,1-2H3. The molecule has 107 valence electrons. The third-order valence-corrected chi connectivity index (χ3v) is 4.30. The molecule has 0 saturated carbocycles. The first-order valence-electron chi connectivity index (χ1n) is 6.15. The van der Waals surface area contributed by atoms with E-state index in [4.69, 9.17) is 16.3 Å². The molecule has 0 atom stereocenters. The fourth-order valence-electron chi connectivity index (χ4n) is 2.35. The molecule has 6 heteroatoms. The van der Waals surface area contributed by atoms with E-state index in [-0.39, 0.29) is 23.5 Å². The summed E-state index contributed by atoms with van der Waals surface area (Å²) in [5.41, 5.74) is 2.21. The van der Waals surface area contributed by atoms with Crippen LogP contribution < -0.4 is 0 Å². The molecular weight excluding hydrogens is 313 g/mol. The Labute approximate surface area is 130 Å². The Kier molecular flexibility index (Phi) is 3.55. The predicted molar refractivity (Wildman–Crippen MR) is 80.3 cm³/mol. The van der Waals surface area contributed by atoms with Crippen molar-refractivity contribution in [3.8, 4) is 0 Å². The molecule has 0 aromatic carbocycles. The number of fused-ring (bicyclic) bond motifs is 1. The number of carbonyl (C=O) groups is 1. The molecule has 0 bridgehead atoms. The molecule has 3 rings (SSSR count). The SMILES string of the molecule is COC1=C(F)CC2=NC(C)=[C]C2=C1C(=O)c1csc(Cl)c1. The van der Waals surface area contributed by atoms with Crippen molar-refractivity contribution in [3.63, 3.8) is 0 Å². The van der Waals surface area contributed by atoms with Gasteiger partial charge in [0.25, 0.3) is 0 Å². The maximum absolute atomic E-state index is 14.2. The number of carbonyl (C=O) groups excluding carboxylic acids is 1. The molecule has 1 aliphatic heterocycles. The topological polar surface area (TPSA) is 38.7 Å². The summed E-state index contributed by atoms with van der Waals surface area (Å²) in [5, 5.41) is 1.64. The normalized spacial score (nSPS) is 17.7. The molecule has 21 heavy (non-hydrogen) atoms. The second kappa shape index (κ2) is 5.24. The lowest BCUT2D eigenvalue weighted by Gasteiger charge is -2.19. The molecular formula is C15H10ClFNO2S. The van der Waals surface area contributed by atoms with Crippen LogP contribution >= 0.6 is 22.9 Å². The van der Waals surface area contributed by atoms with Gasteiger partial charge < -0.3 is 4.74 Å². The third kappa shape index (κ3) is 2.36.